The molecule has 106 valence electrons. The van der Waals surface area contributed by atoms with Crippen LogP contribution in [0.3, 0.4) is 0 Å². The second-order valence-electron chi connectivity index (χ2n) is 4.80. The standard InChI is InChI=1S/C12H20N4O2S/c1-4-5-8-10-11(16(2)15-8)13-9(12(17)14-10)6-7-19(3)18/h9,13H,4-7H2,1-3H3,(H,14,17). The summed E-state index contributed by atoms with van der Waals surface area (Å²) in [7, 11) is 0.973. The van der Waals surface area contributed by atoms with Gasteiger partial charge in [0.15, 0.2) is 0 Å². The lowest BCUT2D eigenvalue weighted by atomic mass is 10.1. The van der Waals surface area contributed by atoms with Crippen molar-refractivity contribution in [1.29, 1.82) is 0 Å². The summed E-state index contributed by atoms with van der Waals surface area (Å²) in [6.45, 7) is 2.08. The fourth-order valence-corrected chi connectivity index (χ4v) is 2.78. The normalized spacial score (nSPS) is 19.5. The predicted octanol–water partition coefficient (Wildman–Crippen LogP) is 0.874. The maximum atomic E-state index is 12.0. The quantitative estimate of drug-likeness (QED) is 0.841. The molecule has 0 saturated carbocycles. The number of nitrogens with zero attached hydrogens (tertiary/aromatic N) is 2. The summed E-state index contributed by atoms with van der Waals surface area (Å²) in [4.78, 5) is 12.0. The number of carbonyl (C=O) groups is 1. The molecule has 0 aliphatic carbocycles. The Morgan fingerprint density at radius 3 is 2.84 bits per heavy atom. The number of anilines is 2. The molecule has 0 spiro atoms. The average Bonchev–Trinajstić information content (AvgIpc) is 2.63. The Morgan fingerprint density at radius 2 is 2.21 bits per heavy atom. The van der Waals surface area contributed by atoms with Crippen molar-refractivity contribution in [2.24, 2.45) is 7.05 Å². The second kappa shape index (κ2) is 5.73. The number of aryl methyl sites for hydroxylation is 2. The van der Waals surface area contributed by atoms with Crippen LogP contribution in [-0.2, 0) is 29.1 Å². The first-order valence-corrected chi connectivity index (χ1v) is 8.19. The highest BCUT2D eigenvalue weighted by Gasteiger charge is 2.30. The molecular weight excluding hydrogens is 264 g/mol. The highest BCUT2D eigenvalue weighted by atomic mass is 32.2. The maximum absolute atomic E-state index is 12.0. The molecule has 0 aromatic carbocycles. The average molecular weight is 284 g/mol. The molecule has 1 aromatic rings. The van der Waals surface area contributed by atoms with Gasteiger partial charge in [-0.2, -0.15) is 5.10 Å². The van der Waals surface area contributed by atoms with E-state index in [4.69, 9.17) is 0 Å². The van der Waals surface area contributed by atoms with Gasteiger partial charge in [0, 0.05) is 29.9 Å². The van der Waals surface area contributed by atoms with Crippen LogP contribution in [-0.4, -0.2) is 37.9 Å². The van der Waals surface area contributed by atoms with Crippen LogP contribution in [0, 0.1) is 0 Å². The number of nitrogens with one attached hydrogen (secondary N) is 2. The van der Waals surface area contributed by atoms with Crippen molar-refractivity contribution >= 4 is 28.2 Å². The van der Waals surface area contributed by atoms with Crippen LogP contribution in [0.4, 0.5) is 11.5 Å². The number of aromatic nitrogens is 2. The van der Waals surface area contributed by atoms with E-state index in [1.54, 1.807) is 10.9 Å². The minimum Gasteiger partial charge on any atom is -0.357 e. The lowest BCUT2D eigenvalue weighted by molar-refractivity contribution is -0.117. The lowest BCUT2D eigenvalue weighted by Gasteiger charge is -2.25. The molecule has 2 rings (SSSR count). The fraction of sp³-hybridized carbons (Fsp3) is 0.667. The molecule has 2 N–H and O–H groups in total. The zero-order valence-corrected chi connectivity index (χ0v) is 12.3. The van der Waals surface area contributed by atoms with Crippen LogP contribution in [0.25, 0.3) is 0 Å². The van der Waals surface area contributed by atoms with Gasteiger partial charge in [-0.05, 0) is 12.8 Å². The van der Waals surface area contributed by atoms with E-state index in [0.29, 0.717) is 12.2 Å². The van der Waals surface area contributed by atoms with Crippen LogP contribution in [0.15, 0.2) is 0 Å². The van der Waals surface area contributed by atoms with Crippen molar-refractivity contribution < 1.29 is 9.00 Å². The summed E-state index contributed by atoms with van der Waals surface area (Å²) in [6.07, 6.45) is 4.03. The van der Waals surface area contributed by atoms with Crippen molar-refractivity contribution in [3.05, 3.63) is 5.69 Å². The van der Waals surface area contributed by atoms with Gasteiger partial charge >= 0.3 is 0 Å². The Hall–Kier alpha value is -1.37. The molecule has 0 fully saturated rings. The Balaban J connectivity index is 2.18. The van der Waals surface area contributed by atoms with Crippen LogP contribution >= 0.6 is 0 Å². The van der Waals surface area contributed by atoms with E-state index >= 15 is 0 Å². The SMILES string of the molecule is CCCc1nn(C)c2c1NC(=O)C(CCS(C)=O)N2. The lowest BCUT2D eigenvalue weighted by Crippen LogP contribution is -2.40. The molecule has 2 atom stereocenters. The number of hydrogen-bond donors (Lipinski definition) is 2. The molecule has 0 radical (unpaired) electrons. The van der Waals surface area contributed by atoms with Crippen LogP contribution in [0.2, 0.25) is 0 Å². The zero-order chi connectivity index (χ0) is 14.0. The Kier molecular flexibility index (Phi) is 4.24. The number of fused-ring (bicyclic) bond motifs is 1. The second-order valence-corrected chi connectivity index (χ2v) is 6.35. The van der Waals surface area contributed by atoms with Crippen molar-refractivity contribution in [2.75, 3.05) is 22.6 Å². The first-order valence-electron chi connectivity index (χ1n) is 6.46. The highest BCUT2D eigenvalue weighted by molar-refractivity contribution is 7.84. The number of carbonyl (C=O) groups excluding carboxylic acids is 1. The largest absolute Gasteiger partial charge is 0.357 e. The molecule has 1 aliphatic heterocycles. The molecule has 0 bridgehead atoms. The van der Waals surface area contributed by atoms with Crippen molar-refractivity contribution in [3.63, 3.8) is 0 Å². The van der Waals surface area contributed by atoms with Crippen molar-refractivity contribution in [3.8, 4) is 0 Å². The molecule has 1 amide bonds. The number of rotatable bonds is 5. The van der Waals surface area contributed by atoms with E-state index in [2.05, 4.69) is 22.7 Å². The molecule has 19 heavy (non-hydrogen) atoms. The molecule has 7 heteroatoms. The van der Waals surface area contributed by atoms with Crippen LogP contribution < -0.4 is 10.6 Å². The number of amides is 1. The summed E-state index contributed by atoms with van der Waals surface area (Å²) < 4.78 is 12.9. The molecule has 1 aromatic heterocycles. The summed E-state index contributed by atoms with van der Waals surface area (Å²) in [5.74, 6) is 1.29. The van der Waals surface area contributed by atoms with Gasteiger partial charge in [0.05, 0.1) is 5.69 Å². The van der Waals surface area contributed by atoms with Gasteiger partial charge in [-0.1, -0.05) is 13.3 Å². The third-order valence-electron chi connectivity index (χ3n) is 3.18. The van der Waals surface area contributed by atoms with E-state index in [1.807, 2.05) is 7.05 Å². The first kappa shape index (κ1) is 14.0. The minimum absolute atomic E-state index is 0.0664. The van der Waals surface area contributed by atoms with Crippen molar-refractivity contribution in [1.82, 2.24) is 9.78 Å². The maximum Gasteiger partial charge on any atom is 0.247 e. The van der Waals surface area contributed by atoms with Gasteiger partial charge in [-0.15, -0.1) is 0 Å². The smallest absolute Gasteiger partial charge is 0.247 e. The predicted molar refractivity (Wildman–Crippen MR) is 76.8 cm³/mol. The Labute approximate surface area is 115 Å². The van der Waals surface area contributed by atoms with E-state index in [9.17, 15) is 9.00 Å². The van der Waals surface area contributed by atoms with Gasteiger partial charge in [-0.25, -0.2) is 0 Å². The van der Waals surface area contributed by atoms with E-state index in [1.165, 1.54) is 0 Å². The Morgan fingerprint density at radius 1 is 1.47 bits per heavy atom. The molecule has 1 aliphatic rings. The summed E-state index contributed by atoms with van der Waals surface area (Å²) in [5.41, 5.74) is 1.71. The van der Waals surface area contributed by atoms with Crippen molar-refractivity contribution in [2.45, 2.75) is 32.2 Å². The molecular formula is C12H20N4O2S. The van der Waals surface area contributed by atoms with E-state index < -0.39 is 10.8 Å². The monoisotopic (exact) mass is 284 g/mol. The molecule has 2 unspecified atom stereocenters. The molecule has 6 nitrogen and oxygen atoms in total. The van der Waals surface area contributed by atoms with Gasteiger partial charge < -0.3 is 10.6 Å². The highest BCUT2D eigenvalue weighted by Crippen LogP contribution is 2.31. The van der Waals surface area contributed by atoms with E-state index in [-0.39, 0.29) is 11.9 Å². The summed E-state index contributed by atoms with van der Waals surface area (Å²) >= 11 is 0. The molecule has 2 heterocycles. The van der Waals surface area contributed by atoms with Gasteiger partial charge in [0.2, 0.25) is 5.91 Å². The van der Waals surface area contributed by atoms with E-state index in [0.717, 1.165) is 30.0 Å². The third kappa shape index (κ3) is 2.97. The first-order chi connectivity index (χ1) is 9.02. The third-order valence-corrected chi connectivity index (χ3v) is 3.99. The van der Waals surface area contributed by atoms with Gasteiger partial charge in [0.25, 0.3) is 0 Å². The fourth-order valence-electron chi connectivity index (χ4n) is 2.22. The van der Waals surface area contributed by atoms with Crippen LogP contribution in [0.5, 0.6) is 0 Å². The van der Waals surface area contributed by atoms with Gasteiger partial charge in [-0.3, -0.25) is 13.7 Å². The molecule has 0 saturated heterocycles. The Bertz CT molecular complexity index is 512. The minimum atomic E-state index is -0.886. The zero-order valence-electron chi connectivity index (χ0n) is 11.5. The summed E-state index contributed by atoms with van der Waals surface area (Å²) in [5, 5.41) is 10.6. The summed E-state index contributed by atoms with van der Waals surface area (Å²) in [6, 6.07) is -0.332. The van der Waals surface area contributed by atoms with Crippen LogP contribution in [0.1, 0.15) is 25.5 Å². The van der Waals surface area contributed by atoms with Gasteiger partial charge in [0.1, 0.15) is 17.5 Å². The topological polar surface area (TPSA) is 76.0 Å². The number of hydrogen-bond acceptors (Lipinski definition) is 4.